The van der Waals surface area contributed by atoms with Crippen molar-refractivity contribution in [2.24, 2.45) is 5.92 Å². The van der Waals surface area contributed by atoms with Crippen molar-refractivity contribution < 1.29 is 9.53 Å². The molecule has 4 heteroatoms. The lowest BCUT2D eigenvalue weighted by Crippen LogP contribution is -2.51. The number of morpholine rings is 1. The summed E-state index contributed by atoms with van der Waals surface area (Å²) in [6.45, 7) is 12.5. The summed E-state index contributed by atoms with van der Waals surface area (Å²) in [5, 5.41) is 2.99. The Morgan fingerprint density at radius 1 is 1.33 bits per heavy atom. The SMILES string of the molecule is CC(C)=CC(=O)NCC(C(C)C)N1CCOCC1. The van der Waals surface area contributed by atoms with Crippen LogP contribution in [0.25, 0.3) is 0 Å². The lowest BCUT2D eigenvalue weighted by atomic mass is 10.0. The van der Waals surface area contributed by atoms with Crippen LogP contribution in [0.2, 0.25) is 0 Å². The first-order valence-corrected chi connectivity index (χ1v) is 6.75. The van der Waals surface area contributed by atoms with Crippen molar-refractivity contribution in [3.63, 3.8) is 0 Å². The van der Waals surface area contributed by atoms with E-state index < -0.39 is 0 Å². The quantitative estimate of drug-likeness (QED) is 0.755. The Hall–Kier alpha value is -0.870. The van der Waals surface area contributed by atoms with E-state index in [0.717, 1.165) is 31.9 Å². The fourth-order valence-electron chi connectivity index (χ4n) is 2.21. The normalized spacial score (nSPS) is 18.5. The van der Waals surface area contributed by atoms with Crippen LogP contribution in [0.4, 0.5) is 0 Å². The number of allylic oxidation sites excluding steroid dienone is 1. The lowest BCUT2D eigenvalue weighted by Gasteiger charge is -2.36. The van der Waals surface area contributed by atoms with Crippen LogP contribution in [0.5, 0.6) is 0 Å². The molecule has 1 heterocycles. The summed E-state index contributed by atoms with van der Waals surface area (Å²) in [6, 6.07) is 0.392. The maximum atomic E-state index is 11.6. The molecular weight excluding hydrogens is 228 g/mol. The van der Waals surface area contributed by atoms with Gasteiger partial charge in [0.2, 0.25) is 5.91 Å². The Kier molecular flexibility index (Phi) is 6.36. The van der Waals surface area contributed by atoms with Crippen molar-refractivity contribution in [3.8, 4) is 0 Å². The van der Waals surface area contributed by atoms with Crippen LogP contribution in [0.15, 0.2) is 11.6 Å². The number of amides is 1. The van der Waals surface area contributed by atoms with Crippen LogP contribution < -0.4 is 5.32 Å². The number of rotatable bonds is 5. The Morgan fingerprint density at radius 3 is 2.44 bits per heavy atom. The molecule has 0 aromatic heterocycles. The number of hydrogen-bond acceptors (Lipinski definition) is 3. The Labute approximate surface area is 110 Å². The topological polar surface area (TPSA) is 41.6 Å². The van der Waals surface area contributed by atoms with E-state index in [4.69, 9.17) is 4.74 Å². The zero-order valence-corrected chi connectivity index (χ0v) is 12.0. The van der Waals surface area contributed by atoms with Gasteiger partial charge in [0, 0.05) is 31.8 Å². The molecule has 1 aliphatic heterocycles. The molecule has 0 aliphatic carbocycles. The van der Waals surface area contributed by atoms with Gasteiger partial charge < -0.3 is 10.1 Å². The molecule has 0 bridgehead atoms. The van der Waals surface area contributed by atoms with Gasteiger partial charge >= 0.3 is 0 Å². The highest BCUT2D eigenvalue weighted by Gasteiger charge is 2.23. The highest BCUT2D eigenvalue weighted by molar-refractivity contribution is 5.88. The largest absolute Gasteiger partial charge is 0.379 e. The monoisotopic (exact) mass is 254 g/mol. The third-order valence-corrected chi connectivity index (χ3v) is 3.19. The van der Waals surface area contributed by atoms with Crippen LogP contribution in [-0.4, -0.2) is 49.7 Å². The first-order chi connectivity index (χ1) is 8.50. The second kappa shape index (κ2) is 7.54. The van der Waals surface area contributed by atoms with Crippen molar-refractivity contribution in [1.29, 1.82) is 0 Å². The average Bonchev–Trinajstić information content (AvgIpc) is 2.29. The molecule has 1 saturated heterocycles. The second-order valence-corrected chi connectivity index (χ2v) is 5.43. The van der Waals surface area contributed by atoms with E-state index in [1.165, 1.54) is 0 Å². The molecule has 0 aromatic carbocycles. The van der Waals surface area contributed by atoms with Crippen molar-refractivity contribution in [3.05, 3.63) is 11.6 Å². The van der Waals surface area contributed by atoms with Crippen LogP contribution in [0, 0.1) is 5.92 Å². The summed E-state index contributed by atoms with van der Waals surface area (Å²) in [5.41, 5.74) is 1.03. The Morgan fingerprint density at radius 2 is 1.94 bits per heavy atom. The minimum Gasteiger partial charge on any atom is -0.379 e. The molecule has 1 rings (SSSR count). The van der Waals surface area contributed by atoms with Gasteiger partial charge in [0.15, 0.2) is 0 Å². The molecular formula is C14H26N2O2. The smallest absolute Gasteiger partial charge is 0.243 e. The van der Waals surface area contributed by atoms with Crippen molar-refractivity contribution in [2.75, 3.05) is 32.8 Å². The standard InChI is InChI=1S/C14H26N2O2/c1-11(2)9-14(17)15-10-13(12(3)4)16-5-7-18-8-6-16/h9,12-13H,5-8,10H2,1-4H3,(H,15,17). The lowest BCUT2D eigenvalue weighted by molar-refractivity contribution is -0.117. The molecule has 1 fully saturated rings. The minimum atomic E-state index is 0.00825. The highest BCUT2D eigenvalue weighted by atomic mass is 16.5. The molecule has 4 nitrogen and oxygen atoms in total. The third-order valence-electron chi connectivity index (χ3n) is 3.19. The number of nitrogens with one attached hydrogen (secondary N) is 1. The molecule has 0 aromatic rings. The average molecular weight is 254 g/mol. The van der Waals surface area contributed by atoms with Crippen LogP contribution in [0.1, 0.15) is 27.7 Å². The molecule has 104 valence electrons. The maximum absolute atomic E-state index is 11.6. The molecule has 1 N–H and O–H groups in total. The van der Waals surface area contributed by atoms with Crippen LogP contribution >= 0.6 is 0 Å². The Balaban J connectivity index is 2.47. The minimum absolute atomic E-state index is 0.00825. The van der Waals surface area contributed by atoms with E-state index in [-0.39, 0.29) is 5.91 Å². The molecule has 1 amide bonds. The zero-order chi connectivity index (χ0) is 13.5. The van der Waals surface area contributed by atoms with Gasteiger partial charge in [-0.15, -0.1) is 0 Å². The predicted molar refractivity (Wildman–Crippen MR) is 73.5 cm³/mol. The van der Waals surface area contributed by atoms with Crippen LogP contribution in [-0.2, 0) is 9.53 Å². The number of carbonyl (C=O) groups excluding carboxylic acids is 1. The first-order valence-electron chi connectivity index (χ1n) is 6.75. The predicted octanol–water partition coefficient (Wildman–Crippen LogP) is 1.43. The summed E-state index contributed by atoms with van der Waals surface area (Å²) in [5.74, 6) is 0.531. The van der Waals surface area contributed by atoms with Crippen molar-refractivity contribution in [1.82, 2.24) is 10.2 Å². The van der Waals surface area contributed by atoms with E-state index in [0.29, 0.717) is 18.5 Å². The second-order valence-electron chi connectivity index (χ2n) is 5.43. The van der Waals surface area contributed by atoms with E-state index in [1.807, 2.05) is 13.8 Å². The van der Waals surface area contributed by atoms with Gasteiger partial charge in [-0.3, -0.25) is 9.69 Å². The number of ether oxygens (including phenoxy) is 1. The molecule has 18 heavy (non-hydrogen) atoms. The fraction of sp³-hybridized carbons (Fsp3) is 0.786. The summed E-state index contributed by atoms with van der Waals surface area (Å²) in [4.78, 5) is 14.0. The van der Waals surface area contributed by atoms with Gasteiger partial charge in [-0.2, -0.15) is 0 Å². The first kappa shape index (κ1) is 15.2. The molecule has 1 unspecified atom stereocenters. The summed E-state index contributed by atoms with van der Waals surface area (Å²) < 4.78 is 5.37. The van der Waals surface area contributed by atoms with Gasteiger partial charge in [0.05, 0.1) is 13.2 Å². The molecule has 1 atom stereocenters. The fourth-order valence-corrected chi connectivity index (χ4v) is 2.21. The number of carbonyl (C=O) groups is 1. The molecule has 0 saturated carbocycles. The maximum Gasteiger partial charge on any atom is 0.243 e. The highest BCUT2D eigenvalue weighted by Crippen LogP contribution is 2.12. The van der Waals surface area contributed by atoms with E-state index in [9.17, 15) is 4.79 Å². The van der Waals surface area contributed by atoms with Gasteiger partial charge in [0.25, 0.3) is 0 Å². The van der Waals surface area contributed by atoms with E-state index in [2.05, 4.69) is 24.1 Å². The summed E-state index contributed by atoms with van der Waals surface area (Å²) >= 11 is 0. The summed E-state index contributed by atoms with van der Waals surface area (Å²) in [7, 11) is 0. The molecule has 0 spiro atoms. The Bertz CT molecular complexity index is 290. The van der Waals surface area contributed by atoms with Crippen molar-refractivity contribution >= 4 is 5.91 Å². The van der Waals surface area contributed by atoms with Gasteiger partial charge in [-0.1, -0.05) is 19.4 Å². The van der Waals surface area contributed by atoms with Gasteiger partial charge in [-0.05, 0) is 19.8 Å². The number of hydrogen-bond donors (Lipinski definition) is 1. The van der Waals surface area contributed by atoms with Crippen molar-refractivity contribution in [2.45, 2.75) is 33.7 Å². The van der Waals surface area contributed by atoms with E-state index in [1.54, 1.807) is 6.08 Å². The molecule has 1 aliphatic rings. The number of nitrogens with zero attached hydrogens (tertiary/aromatic N) is 1. The van der Waals surface area contributed by atoms with Gasteiger partial charge in [0.1, 0.15) is 0 Å². The molecule has 0 radical (unpaired) electrons. The van der Waals surface area contributed by atoms with Gasteiger partial charge in [-0.25, -0.2) is 0 Å². The zero-order valence-electron chi connectivity index (χ0n) is 12.0. The summed E-state index contributed by atoms with van der Waals surface area (Å²) in [6.07, 6.45) is 1.65. The third kappa shape index (κ3) is 5.19. The van der Waals surface area contributed by atoms with E-state index >= 15 is 0 Å². The van der Waals surface area contributed by atoms with Crippen LogP contribution in [0.3, 0.4) is 0 Å².